The monoisotopic (exact) mass is 285 g/mol. The van der Waals surface area contributed by atoms with Gasteiger partial charge in [-0.1, -0.05) is 28.1 Å². The van der Waals surface area contributed by atoms with E-state index >= 15 is 0 Å². The second-order valence-electron chi connectivity index (χ2n) is 4.01. The van der Waals surface area contributed by atoms with Crippen LogP contribution in [-0.2, 0) is 0 Å². The van der Waals surface area contributed by atoms with Crippen LogP contribution in [0.4, 0.5) is 0 Å². The second-order valence-corrected chi connectivity index (χ2v) is 4.93. The molecule has 2 N–H and O–H groups in total. The third kappa shape index (κ3) is 5.10. The van der Waals surface area contributed by atoms with Gasteiger partial charge in [0.25, 0.3) is 0 Å². The first kappa shape index (κ1) is 13.7. The van der Waals surface area contributed by atoms with Crippen molar-refractivity contribution in [1.29, 1.82) is 0 Å². The topological polar surface area (TPSA) is 32.3 Å². The fraction of sp³-hybridized carbons (Fsp3) is 0.538. The van der Waals surface area contributed by atoms with Gasteiger partial charge in [-0.3, -0.25) is 0 Å². The molecule has 1 aromatic carbocycles. The van der Waals surface area contributed by atoms with E-state index in [-0.39, 0.29) is 0 Å². The lowest BCUT2D eigenvalue weighted by molar-refractivity contribution is 0.282. The predicted octanol–water partition coefficient (Wildman–Crippen LogP) is 3.26. The molecule has 0 bridgehead atoms. The van der Waals surface area contributed by atoms with Gasteiger partial charge in [0.05, 0.1) is 0 Å². The Bertz CT molecular complexity index is 286. The molecule has 0 fully saturated rings. The smallest absolute Gasteiger partial charge is 0.0431 e. The van der Waals surface area contributed by atoms with Crippen LogP contribution in [0, 0.1) is 0 Å². The lowest BCUT2D eigenvalue weighted by Gasteiger charge is -2.14. The van der Waals surface area contributed by atoms with E-state index < -0.39 is 0 Å². The Hall–Kier alpha value is -0.380. The normalized spacial score (nSPS) is 12.7. The van der Waals surface area contributed by atoms with E-state index in [1.165, 1.54) is 5.56 Å². The number of unbranched alkanes of at least 4 members (excludes halogenated alkanes) is 2. The Labute approximate surface area is 106 Å². The van der Waals surface area contributed by atoms with Crippen LogP contribution < -0.4 is 5.32 Å². The third-order valence-electron chi connectivity index (χ3n) is 2.66. The van der Waals surface area contributed by atoms with Gasteiger partial charge in [-0.25, -0.2) is 0 Å². The molecule has 0 aliphatic carbocycles. The summed E-state index contributed by atoms with van der Waals surface area (Å²) in [5, 5.41) is 12.1. The molecule has 0 aromatic heterocycles. The van der Waals surface area contributed by atoms with Gasteiger partial charge in [-0.2, -0.15) is 0 Å². The molecule has 2 nitrogen and oxygen atoms in total. The summed E-state index contributed by atoms with van der Waals surface area (Å²) in [6, 6.07) is 8.80. The average molecular weight is 286 g/mol. The standard InChI is InChI=1S/C13H20BrNO/c1-11(15-9-3-2-4-10-16)12-5-7-13(14)8-6-12/h5-8,11,15-16H,2-4,9-10H2,1H3/t11-/m0/s1. The Morgan fingerprint density at radius 2 is 1.88 bits per heavy atom. The molecule has 0 heterocycles. The lowest BCUT2D eigenvalue weighted by atomic mass is 10.1. The van der Waals surface area contributed by atoms with Gasteiger partial charge in [0.15, 0.2) is 0 Å². The maximum Gasteiger partial charge on any atom is 0.0431 e. The quantitative estimate of drug-likeness (QED) is 0.754. The van der Waals surface area contributed by atoms with E-state index in [9.17, 15) is 0 Å². The summed E-state index contributed by atoms with van der Waals surface area (Å²) in [7, 11) is 0. The first-order chi connectivity index (χ1) is 7.74. The molecule has 0 aliphatic rings. The van der Waals surface area contributed by atoms with Crippen LogP contribution in [0.15, 0.2) is 28.7 Å². The Morgan fingerprint density at radius 3 is 2.50 bits per heavy atom. The Kier molecular flexibility index (Phi) is 6.69. The SMILES string of the molecule is C[C@H](NCCCCCO)c1ccc(Br)cc1. The molecule has 1 rings (SSSR count). The van der Waals surface area contributed by atoms with Crippen molar-refractivity contribution < 1.29 is 5.11 Å². The number of aliphatic hydroxyl groups excluding tert-OH is 1. The molecule has 0 radical (unpaired) electrons. The third-order valence-corrected chi connectivity index (χ3v) is 3.18. The highest BCUT2D eigenvalue weighted by molar-refractivity contribution is 9.10. The number of halogens is 1. The van der Waals surface area contributed by atoms with Crippen molar-refractivity contribution in [3.63, 3.8) is 0 Å². The van der Waals surface area contributed by atoms with Gasteiger partial charge in [-0.05, 0) is 50.4 Å². The van der Waals surface area contributed by atoms with E-state index in [0.29, 0.717) is 12.6 Å². The number of benzene rings is 1. The van der Waals surface area contributed by atoms with E-state index in [0.717, 1.165) is 30.3 Å². The van der Waals surface area contributed by atoms with Crippen LogP contribution in [-0.4, -0.2) is 18.3 Å². The molecule has 1 atom stereocenters. The number of hydrogen-bond donors (Lipinski definition) is 2. The maximum absolute atomic E-state index is 8.65. The van der Waals surface area contributed by atoms with E-state index in [1.807, 2.05) is 0 Å². The van der Waals surface area contributed by atoms with Gasteiger partial charge in [-0.15, -0.1) is 0 Å². The molecule has 0 unspecified atom stereocenters. The highest BCUT2D eigenvalue weighted by Gasteiger charge is 2.03. The zero-order valence-electron chi connectivity index (χ0n) is 9.75. The van der Waals surface area contributed by atoms with Crippen LogP contribution in [0.1, 0.15) is 37.8 Å². The minimum atomic E-state index is 0.308. The van der Waals surface area contributed by atoms with Crippen molar-refractivity contribution in [2.45, 2.75) is 32.2 Å². The van der Waals surface area contributed by atoms with Gasteiger partial charge < -0.3 is 10.4 Å². The summed E-state index contributed by atoms with van der Waals surface area (Å²) in [5.41, 5.74) is 1.31. The minimum absolute atomic E-state index is 0.308. The van der Waals surface area contributed by atoms with E-state index in [4.69, 9.17) is 5.11 Å². The Balaban J connectivity index is 2.24. The van der Waals surface area contributed by atoms with Crippen LogP contribution in [0.25, 0.3) is 0 Å². The first-order valence-corrected chi connectivity index (χ1v) is 6.63. The molecule has 16 heavy (non-hydrogen) atoms. The number of hydrogen-bond acceptors (Lipinski definition) is 2. The lowest BCUT2D eigenvalue weighted by Crippen LogP contribution is -2.19. The molecule has 0 aliphatic heterocycles. The summed E-state index contributed by atoms with van der Waals surface area (Å²) in [6.45, 7) is 3.49. The zero-order chi connectivity index (χ0) is 11.8. The average Bonchev–Trinajstić information content (AvgIpc) is 2.29. The second kappa shape index (κ2) is 7.82. The van der Waals surface area contributed by atoms with Crippen LogP contribution in [0.5, 0.6) is 0 Å². The van der Waals surface area contributed by atoms with Crippen molar-refractivity contribution in [2.75, 3.05) is 13.2 Å². The summed E-state index contributed by atoms with van der Waals surface area (Å²) >= 11 is 3.43. The number of nitrogens with one attached hydrogen (secondary N) is 1. The van der Waals surface area contributed by atoms with Crippen molar-refractivity contribution in [3.05, 3.63) is 34.3 Å². The fourth-order valence-electron chi connectivity index (χ4n) is 1.60. The molecule has 0 saturated carbocycles. The van der Waals surface area contributed by atoms with E-state index in [1.54, 1.807) is 0 Å². The molecular weight excluding hydrogens is 266 g/mol. The Morgan fingerprint density at radius 1 is 1.19 bits per heavy atom. The van der Waals surface area contributed by atoms with Crippen LogP contribution in [0.3, 0.4) is 0 Å². The maximum atomic E-state index is 8.65. The van der Waals surface area contributed by atoms with Crippen molar-refractivity contribution in [2.24, 2.45) is 0 Å². The van der Waals surface area contributed by atoms with Crippen molar-refractivity contribution in [1.82, 2.24) is 5.32 Å². The predicted molar refractivity (Wildman–Crippen MR) is 71.5 cm³/mol. The highest BCUT2D eigenvalue weighted by Crippen LogP contribution is 2.16. The van der Waals surface area contributed by atoms with Gasteiger partial charge >= 0.3 is 0 Å². The molecule has 3 heteroatoms. The van der Waals surface area contributed by atoms with Gasteiger partial charge in [0.2, 0.25) is 0 Å². The van der Waals surface area contributed by atoms with Crippen molar-refractivity contribution >= 4 is 15.9 Å². The van der Waals surface area contributed by atoms with Crippen LogP contribution >= 0.6 is 15.9 Å². The molecule has 0 spiro atoms. The summed E-state index contributed by atoms with van der Waals surface area (Å²) in [4.78, 5) is 0. The molecule has 1 aromatic rings. The molecule has 0 amide bonds. The van der Waals surface area contributed by atoms with Gasteiger partial charge in [0.1, 0.15) is 0 Å². The minimum Gasteiger partial charge on any atom is -0.396 e. The number of aliphatic hydroxyl groups is 1. The molecule has 90 valence electrons. The van der Waals surface area contributed by atoms with Gasteiger partial charge in [0, 0.05) is 17.1 Å². The van der Waals surface area contributed by atoms with E-state index in [2.05, 4.69) is 52.4 Å². The fourth-order valence-corrected chi connectivity index (χ4v) is 1.87. The number of rotatable bonds is 7. The van der Waals surface area contributed by atoms with Crippen molar-refractivity contribution in [3.8, 4) is 0 Å². The summed E-state index contributed by atoms with van der Waals surface area (Å²) in [6.07, 6.45) is 3.13. The zero-order valence-corrected chi connectivity index (χ0v) is 11.3. The molecule has 0 saturated heterocycles. The largest absolute Gasteiger partial charge is 0.396 e. The molecular formula is C13H20BrNO. The summed E-state index contributed by atoms with van der Waals surface area (Å²) in [5.74, 6) is 0. The van der Waals surface area contributed by atoms with Crippen LogP contribution in [0.2, 0.25) is 0 Å². The first-order valence-electron chi connectivity index (χ1n) is 5.83. The summed E-state index contributed by atoms with van der Waals surface area (Å²) < 4.78 is 1.12. The highest BCUT2D eigenvalue weighted by atomic mass is 79.9.